The number of aromatic nitrogens is 2. The average molecular weight is 562 g/mol. The van der Waals surface area contributed by atoms with Crippen LogP contribution in [0.15, 0.2) is 48.7 Å². The zero-order valence-corrected chi connectivity index (χ0v) is 24.7. The highest BCUT2D eigenvalue weighted by molar-refractivity contribution is 5.95. The van der Waals surface area contributed by atoms with Crippen molar-refractivity contribution in [3.63, 3.8) is 0 Å². The molecule has 0 atom stereocenters. The van der Waals surface area contributed by atoms with E-state index in [1.807, 2.05) is 25.7 Å². The number of piperidine rings is 1. The molecule has 9 heteroatoms. The van der Waals surface area contributed by atoms with Crippen LogP contribution < -0.4 is 4.90 Å². The number of piperazine rings is 1. The highest BCUT2D eigenvalue weighted by Crippen LogP contribution is 2.34. The molecule has 2 aliphatic heterocycles. The summed E-state index contributed by atoms with van der Waals surface area (Å²) >= 11 is 0. The van der Waals surface area contributed by atoms with Crippen molar-refractivity contribution in [1.82, 2.24) is 19.6 Å². The molecule has 2 aromatic carbocycles. The number of aryl methyl sites for hydroxylation is 1. The lowest BCUT2D eigenvalue weighted by atomic mass is 9.90. The summed E-state index contributed by atoms with van der Waals surface area (Å²) in [6.07, 6.45) is 2.68. The van der Waals surface area contributed by atoms with Crippen molar-refractivity contribution in [2.45, 2.75) is 59.0 Å². The summed E-state index contributed by atoms with van der Waals surface area (Å²) in [5.74, 6) is -0.355. The van der Waals surface area contributed by atoms with Crippen LogP contribution in [0.2, 0.25) is 0 Å². The fourth-order valence-corrected chi connectivity index (χ4v) is 5.76. The molecule has 3 aromatic rings. The summed E-state index contributed by atoms with van der Waals surface area (Å²) in [4.78, 5) is 32.6. The number of hydrogen-bond donors (Lipinski definition) is 0. The Bertz CT molecular complexity index is 1400. The summed E-state index contributed by atoms with van der Waals surface area (Å²) in [5.41, 5.74) is 5.29. The summed E-state index contributed by atoms with van der Waals surface area (Å²) in [6.45, 7) is 13.6. The van der Waals surface area contributed by atoms with E-state index in [1.165, 1.54) is 28.9 Å². The second-order valence-electron chi connectivity index (χ2n) is 12.1. The Morgan fingerprint density at radius 3 is 2.20 bits per heavy atom. The minimum Gasteiger partial charge on any atom is -0.444 e. The number of nitrogens with zero attached hydrogens (tertiary/aromatic N) is 5. The molecular formula is C32H40FN5O3. The van der Waals surface area contributed by atoms with E-state index >= 15 is 0 Å². The molecule has 0 unspecified atom stereocenters. The number of ether oxygens (including phenoxy) is 1. The van der Waals surface area contributed by atoms with Gasteiger partial charge >= 0.3 is 6.09 Å². The highest BCUT2D eigenvalue weighted by atomic mass is 19.1. The van der Waals surface area contributed by atoms with E-state index < -0.39 is 5.60 Å². The number of hydrogen-bond acceptors (Lipinski definition) is 5. The Labute approximate surface area is 241 Å². The van der Waals surface area contributed by atoms with Gasteiger partial charge in [-0.05, 0) is 88.9 Å². The van der Waals surface area contributed by atoms with Crippen LogP contribution in [0.4, 0.5) is 14.9 Å². The number of anilines is 1. The van der Waals surface area contributed by atoms with Gasteiger partial charge < -0.3 is 19.4 Å². The van der Waals surface area contributed by atoms with E-state index in [0.29, 0.717) is 50.3 Å². The van der Waals surface area contributed by atoms with E-state index in [2.05, 4.69) is 42.0 Å². The molecule has 3 heterocycles. The average Bonchev–Trinajstić information content (AvgIpc) is 3.39. The van der Waals surface area contributed by atoms with Crippen molar-refractivity contribution in [2.24, 2.45) is 0 Å². The normalized spacial score (nSPS) is 16.7. The lowest BCUT2D eigenvalue weighted by Crippen LogP contribution is -2.49. The summed E-state index contributed by atoms with van der Waals surface area (Å²) < 4.78 is 21.1. The van der Waals surface area contributed by atoms with Crippen LogP contribution in [0.3, 0.4) is 0 Å². The first-order valence-electron chi connectivity index (χ1n) is 14.4. The van der Waals surface area contributed by atoms with E-state index in [9.17, 15) is 14.0 Å². The number of rotatable bonds is 4. The second kappa shape index (κ2) is 11.5. The van der Waals surface area contributed by atoms with Crippen LogP contribution in [0.5, 0.6) is 0 Å². The third-order valence-electron chi connectivity index (χ3n) is 8.13. The fraction of sp³-hybridized carbons (Fsp3) is 0.469. The molecule has 2 saturated heterocycles. The molecule has 41 heavy (non-hydrogen) atoms. The number of likely N-dealkylation sites (tertiary alicyclic amines) is 1. The summed E-state index contributed by atoms with van der Waals surface area (Å²) in [6, 6.07) is 12.5. The maximum atomic E-state index is 14.0. The van der Waals surface area contributed by atoms with Crippen molar-refractivity contribution in [1.29, 1.82) is 0 Å². The molecule has 218 valence electrons. The largest absolute Gasteiger partial charge is 0.444 e. The molecule has 1 aromatic heterocycles. The van der Waals surface area contributed by atoms with Crippen molar-refractivity contribution in [2.75, 3.05) is 44.2 Å². The summed E-state index contributed by atoms with van der Waals surface area (Å²) in [7, 11) is 0. The maximum absolute atomic E-state index is 14.0. The van der Waals surface area contributed by atoms with Crippen molar-refractivity contribution in [3.8, 4) is 5.69 Å². The monoisotopic (exact) mass is 561 g/mol. The molecular weight excluding hydrogens is 521 g/mol. The van der Waals surface area contributed by atoms with Crippen LogP contribution in [-0.4, -0.2) is 76.5 Å². The molecule has 2 fully saturated rings. The maximum Gasteiger partial charge on any atom is 0.410 e. The second-order valence-corrected chi connectivity index (χ2v) is 12.1. The van der Waals surface area contributed by atoms with Gasteiger partial charge in [0.05, 0.1) is 23.1 Å². The van der Waals surface area contributed by atoms with Crippen molar-refractivity contribution < 1.29 is 18.7 Å². The highest BCUT2D eigenvalue weighted by Gasteiger charge is 2.34. The van der Waals surface area contributed by atoms with Gasteiger partial charge in [-0.25, -0.2) is 13.9 Å². The van der Waals surface area contributed by atoms with E-state index in [4.69, 9.17) is 4.74 Å². The van der Waals surface area contributed by atoms with Crippen LogP contribution in [-0.2, 0) is 4.74 Å². The third kappa shape index (κ3) is 6.24. The molecule has 0 aliphatic carbocycles. The lowest BCUT2D eigenvalue weighted by molar-refractivity contribution is 0.0203. The molecule has 2 amide bonds. The molecule has 0 spiro atoms. The lowest BCUT2D eigenvalue weighted by Gasteiger charge is -2.37. The van der Waals surface area contributed by atoms with Gasteiger partial charge in [0.15, 0.2) is 0 Å². The van der Waals surface area contributed by atoms with Crippen LogP contribution in [0.1, 0.15) is 66.7 Å². The number of carbonyl (C=O) groups excluding carboxylic acids is 2. The van der Waals surface area contributed by atoms with Gasteiger partial charge in [-0.2, -0.15) is 5.10 Å². The minimum atomic E-state index is -0.559. The van der Waals surface area contributed by atoms with E-state index in [-0.39, 0.29) is 23.7 Å². The smallest absolute Gasteiger partial charge is 0.410 e. The molecule has 5 rings (SSSR count). The number of amides is 2. The molecule has 0 bridgehead atoms. The molecule has 8 nitrogen and oxygen atoms in total. The zero-order valence-electron chi connectivity index (χ0n) is 24.7. The van der Waals surface area contributed by atoms with Gasteiger partial charge in [-0.1, -0.05) is 12.1 Å². The summed E-state index contributed by atoms with van der Waals surface area (Å²) in [5, 5.41) is 4.62. The Kier molecular flexibility index (Phi) is 8.07. The van der Waals surface area contributed by atoms with Gasteiger partial charge in [0.2, 0.25) is 0 Å². The Morgan fingerprint density at radius 2 is 1.56 bits per heavy atom. The van der Waals surface area contributed by atoms with Crippen LogP contribution in [0.25, 0.3) is 5.69 Å². The number of benzene rings is 2. The first kappa shape index (κ1) is 28.6. The number of carbonyl (C=O) groups is 2. The van der Waals surface area contributed by atoms with Gasteiger partial charge in [0, 0.05) is 50.9 Å². The van der Waals surface area contributed by atoms with Crippen molar-refractivity contribution in [3.05, 3.63) is 76.9 Å². The van der Waals surface area contributed by atoms with E-state index in [1.54, 1.807) is 27.9 Å². The molecule has 2 aliphatic rings. The first-order chi connectivity index (χ1) is 19.5. The standard InChI is InChI=1S/C32H40FN5O3/c1-22-7-6-8-28(23(22)2)35-17-19-36(20-18-35)30(39)27-21-34-38(26-11-9-25(33)10-12-26)29(27)24-13-15-37(16-14-24)31(40)41-32(3,4)5/h6-12,21,24H,13-20H2,1-5H3. The Balaban J connectivity index is 1.36. The Hall–Kier alpha value is -3.88. The fourth-order valence-electron chi connectivity index (χ4n) is 5.76. The SMILES string of the molecule is Cc1cccc(N2CCN(C(=O)c3cnn(-c4ccc(F)cc4)c3C3CCN(C(=O)OC(C)(C)C)CC3)CC2)c1C. The number of halogens is 1. The van der Waals surface area contributed by atoms with Gasteiger partial charge in [0.1, 0.15) is 11.4 Å². The van der Waals surface area contributed by atoms with Crippen molar-refractivity contribution >= 4 is 17.7 Å². The first-order valence-corrected chi connectivity index (χ1v) is 14.4. The van der Waals surface area contributed by atoms with Crippen LogP contribution in [0, 0.1) is 19.7 Å². The predicted octanol–water partition coefficient (Wildman–Crippen LogP) is 5.71. The van der Waals surface area contributed by atoms with Crippen LogP contribution >= 0.6 is 0 Å². The Morgan fingerprint density at radius 1 is 0.902 bits per heavy atom. The third-order valence-corrected chi connectivity index (χ3v) is 8.13. The van der Waals surface area contributed by atoms with E-state index in [0.717, 1.165) is 18.8 Å². The van der Waals surface area contributed by atoms with Gasteiger partial charge in [-0.3, -0.25) is 4.79 Å². The van der Waals surface area contributed by atoms with Gasteiger partial charge in [-0.15, -0.1) is 0 Å². The molecule has 0 saturated carbocycles. The quantitative estimate of drug-likeness (QED) is 0.408. The predicted molar refractivity (Wildman–Crippen MR) is 157 cm³/mol. The van der Waals surface area contributed by atoms with Gasteiger partial charge in [0.25, 0.3) is 5.91 Å². The minimum absolute atomic E-state index is 0.0106. The molecule has 0 radical (unpaired) electrons. The zero-order chi connectivity index (χ0) is 29.3. The topological polar surface area (TPSA) is 70.9 Å². The molecule has 0 N–H and O–H groups in total.